The maximum atomic E-state index is 11.2. The molecule has 0 aliphatic rings. The zero-order valence-corrected chi connectivity index (χ0v) is 7.82. The Bertz CT molecular complexity index is 352. The summed E-state index contributed by atoms with van der Waals surface area (Å²) in [6, 6.07) is 3.27. The van der Waals surface area contributed by atoms with E-state index in [2.05, 4.69) is 10.3 Å². The summed E-state index contributed by atoms with van der Waals surface area (Å²) in [6.07, 6.45) is 2.76. The van der Waals surface area contributed by atoms with Crippen LogP contribution in [0.25, 0.3) is 0 Å². The molecule has 1 aromatic heterocycles. The lowest BCUT2D eigenvalue weighted by atomic mass is 10.4. The Morgan fingerprint density at radius 1 is 1.57 bits per heavy atom. The summed E-state index contributed by atoms with van der Waals surface area (Å²) in [6.45, 7) is 1.63. The van der Waals surface area contributed by atoms with Gasteiger partial charge in [0.05, 0.1) is 11.9 Å². The van der Waals surface area contributed by atoms with Gasteiger partial charge in [-0.25, -0.2) is 4.98 Å². The van der Waals surface area contributed by atoms with Crippen LogP contribution in [0.1, 0.15) is 6.92 Å². The first-order valence-corrected chi connectivity index (χ1v) is 4.04. The topological polar surface area (TPSA) is 94.0 Å². The number of nitrogens with two attached hydrogens (primary N) is 2. The summed E-state index contributed by atoms with van der Waals surface area (Å²) >= 11 is 0. The highest BCUT2D eigenvalue weighted by molar-refractivity contribution is 5.98. The number of hydrogen-bond acceptors (Lipinski definition) is 4. The van der Waals surface area contributed by atoms with E-state index in [0.29, 0.717) is 17.2 Å². The summed E-state index contributed by atoms with van der Waals surface area (Å²) in [4.78, 5) is 15.1. The smallest absolute Gasteiger partial charge is 0.251 e. The van der Waals surface area contributed by atoms with Crippen LogP contribution in [0.5, 0.6) is 0 Å². The molecule has 74 valence electrons. The minimum Gasteiger partial charge on any atom is -0.402 e. The number of rotatable bonds is 2. The average Bonchev–Trinajstić information content (AvgIpc) is 2.07. The first kappa shape index (κ1) is 10.0. The second kappa shape index (κ2) is 4.27. The van der Waals surface area contributed by atoms with E-state index >= 15 is 0 Å². The van der Waals surface area contributed by atoms with E-state index in [4.69, 9.17) is 11.5 Å². The number of carbonyl (C=O) groups is 1. The number of nitrogens with zero attached hydrogens (tertiary/aromatic N) is 1. The van der Waals surface area contributed by atoms with Crippen LogP contribution in [-0.2, 0) is 4.79 Å². The van der Waals surface area contributed by atoms with Gasteiger partial charge in [-0.1, -0.05) is 0 Å². The van der Waals surface area contributed by atoms with Gasteiger partial charge in [-0.3, -0.25) is 4.79 Å². The number of nitrogen functional groups attached to an aromatic ring is 1. The zero-order valence-electron chi connectivity index (χ0n) is 7.82. The molecule has 0 atom stereocenters. The van der Waals surface area contributed by atoms with E-state index in [1.54, 1.807) is 19.1 Å². The van der Waals surface area contributed by atoms with Crippen LogP contribution in [0.4, 0.5) is 11.5 Å². The maximum Gasteiger partial charge on any atom is 0.251 e. The van der Waals surface area contributed by atoms with Gasteiger partial charge in [0.2, 0.25) is 0 Å². The highest BCUT2D eigenvalue weighted by Gasteiger charge is 1.98. The van der Waals surface area contributed by atoms with Crippen molar-refractivity contribution in [3.63, 3.8) is 0 Å². The third-order valence-corrected chi connectivity index (χ3v) is 1.40. The molecule has 1 rings (SSSR count). The summed E-state index contributed by atoms with van der Waals surface area (Å²) < 4.78 is 0. The Hall–Kier alpha value is -2.04. The number of hydrogen-bond donors (Lipinski definition) is 3. The van der Waals surface area contributed by atoms with Crippen LogP contribution >= 0.6 is 0 Å². The van der Waals surface area contributed by atoms with Crippen LogP contribution < -0.4 is 16.8 Å². The minimum absolute atomic E-state index is 0.303. The molecule has 0 saturated heterocycles. The quantitative estimate of drug-likeness (QED) is 0.593. The average molecular weight is 192 g/mol. The molecule has 5 N–H and O–H groups in total. The van der Waals surface area contributed by atoms with Crippen LogP contribution in [-0.4, -0.2) is 10.9 Å². The van der Waals surface area contributed by atoms with E-state index in [1.165, 1.54) is 12.3 Å². The molecule has 1 amide bonds. The first-order valence-electron chi connectivity index (χ1n) is 4.04. The van der Waals surface area contributed by atoms with Gasteiger partial charge >= 0.3 is 0 Å². The number of nitrogens with one attached hydrogen (secondary N) is 1. The molecule has 0 spiro atoms. The lowest BCUT2D eigenvalue weighted by molar-refractivity contribution is -0.112. The molecule has 0 radical (unpaired) electrons. The van der Waals surface area contributed by atoms with Gasteiger partial charge in [0.1, 0.15) is 5.82 Å². The number of pyridine rings is 1. The summed E-state index contributed by atoms with van der Waals surface area (Å²) in [5, 5.41) is 2.54. The number of allylic oxidation sites excluding steroid dienone is 1. The van der Waals surface area contributed by atoms with Crippen molar-refractivity contribution < 1.29 is 4.79 Å². The van der Waals surface area contributed by atoms with Gasteiger partial charge in [-0.2, -0.15) is 0 Å². The van der Waals surface area contributed by atoms with Crippen molar-refractivity contribution in [3.05, 3.63) is 30.1 Å². The van der Waals surface area contributed by atoms with Crippen molar-refractivity contribution in [2.24, 2.45) is 5.73 Å². The lowest BCUT2D eigenvalue weighted by Crippen LogP contribution is -2.11. The molecule has 0 aliphatic heterocycles. The predicted molar refractivity (Wildman–Crippen MR) is 55.2 cm³/mol. The Morgan fingerprint density at radius 2 is 2.29 bits per heavy atom. The van der Waals surface area contributed by atoms with Gasteiger partial charge in [0.25, 0.3) is 5.91 Å². The van der Waals surface area contributed by atoms with Gasteiger partial charge in [-0.05, 0) is 19.1 Å². The number of amides is 1. The second-order valence-electron chi connectivity index (χ2n) is 2.85. The van der Waals surface area contributed by atoms with Gasteiger partial charge < -0.3 is 16.8 Å². The fourth-order valence-corrected chi connectivity index (χ4v) is 0.848. The fourth-order valence-electron chi connectivity index (χ4n) is 0.848. The predicted octanol–water partition coefficient (Wildman–Crippen LogP) is 0.465. The van der Waals surface area contributed by atoms with Crippen molar-refractivity contribution in [2.75, 3.05) is 11.1 Å². The van der Waals surface area contributed by atoms with Crippen molar-refractivity contribution in [2.45, 2.75) is 6.92 Å². The van der Waals surface area contributed by atoms with Crippen molar-refractivity contribution in [1.29, 1.82) is 0 Å². The summed E-state index contributed by atoms with van der Waals surface area (Å²) in [7, 11) is 0. The van der Waals surface area contributed by atoms with E-state index < -0.39 is 0 Å². The monoisotopic (exact) mass is 192 g/mol. The van der Waals surface area contributed by atoms with E-state index in [0.717, 1.165) is 0 Å². The first-order chi connectivity index (χ1) is 6.58. The molecule has 0 aliphatic carbocycles. The third-order valence-electron chi connectivity index (χ3n) is 1.40. The van der Waals surface area contributed by atoms with E-state index in [9.17, 15) is 4.79 Å². The van der Waals surface area contributed by atoms with Crippen LogP contribution in [0.15, 0.2) is 30.1 Å². The van der Waals surface area contributed by atoms with Crippen LogP contribution in [0.2, 0.25) is 0 Å². The molecule has 5 nitrogen and oxygen atoms in total. The third kappa shape index (κ3) is 3.14. The maximum absolute atomic E-state index is 11.2. The van der Waals surface area contributed by atoms with Crippen LogP contribution in [0, 0.1) is 0 Å². The molecule has 14 heavy (non-hydrogen) atoms. The molecule has 0 fully saturated rings. The molecule has 0 aromatic carbocycles. The van der Waals surface area contributed by atoms with Crippen LogP contribution in [0.3, 0.4) is 0 Å². The number of aromatic nitrogens is 1. The largest absolute Gasteiger partial charge is 0.402 e. The summed E-state index contributed by atoms with van der Waals surface area (Å²) in [5.41, 5.74) is 11.8. The molecule has 1 aromatic rings. The standard InChI is InChI=1S/C9H12N4O/c1-6(10)4-9(14)13-8-3-2-7(11)5-12-8/h2-5H,10-11H2,1H3,(H,12,13,14)/b6-4-. The van der Waals surface area contributed by atoms with Gasteiger partial charge in [0.15, 0.2) is 0 Å². The Kier molecular flexibility index (Phi) is 3.06. The molecule has 0 bridgehead atoms. The van der Waals surface area contributed by atoms with Crippen molar-refractivity contribution in [1.82, 2.24) is 4.98 Å². The zero-order chi connectivity index (χ0) is 10.6. The lowest BCUT2D eigenvalue weighted by Gasteiger charge is -2.01. The molecule has 0 unspecified atom stereocenters. The van der Waals surface area contributed by atoms with Gasteiger partial charge in [0, 0.05) is 11.8 Å². The highest BCUT2D eigenvalue weighted by atomic mass is 16.1. The summed E-state index contributed by atoms with van der Waals surface area (Å²) in [5.74, 6) is 0.143. The molecule has 1 heterocycles. The Labute approximate surface area is 81.8 Å². The number of carbonyl (C=O) groups excluding carboxylic acids is 1. The van der Waals surface area contributed by atoms with Gasteiger partial charge in [-0.15, -0.1) is 0 Å². The van der Waals surface area contributed by atoms with Crippen molar-refractivity contribution >= 4 is 17.4 Å². The van der Waals surface area contributed by atoms with Crippen molar-refractivity contribution in [3.8, 4) is 0 Å². The second-order valence-corrected chi connectivity index (χ2v) is 2.85. The minimum atomic E-state index is -0.303. The fraction of sp³-hybridized carbons (Fsp3) is 0.111. The molecular formula is C9H12N4O. The molecule has 5 heteroatoms. The number of anilines is 2. The SMILES string of the molecule is C/C(N)=C/C(=O)Nc1ccc(N)cn1. The van der Waals surface area contributed by atoms with E-state index in [1.807, 2.05) is 0 Å². The highest BCUT2D eigenvalue weighted by Crippen LogP contribution is 2.05. The molecule has 0 saturated carbocycles. The Morgan fingerprint density at radius 3 is 2.79 bits per heavy atom. The molecular weight excluding hydrogens is 180 g/mol. The normalized spacial score (nSPS) is 11.1. The Balaban J connectivity index is 2.66. The van der Waals surface area contributed by atoms with E-state index in [-0.39, 0.29) is 5.91 Å².